The summed E-state index contributed by atoms with van der Waals surface area (Å²) in [5.74, 6) is 0.650. The number of alkyl halides is 1. The number of anilines is 2. The maximum absolute atomic E-state index is 11.8. The molecule has 0 radical (unpaired) electrons. The Morgan fingerprint density at radius 1 is 1.05 bits per heavy atom. The van der Waals surface area contributed by atoms with E-state index >= 15 is 0 Å². The largest absolute Gasteiger partial charge is 0.489 e. The smallest absolute Gasteiger partial charge is 0.194 e. The van der Waals surface area contributed by atoms with Crippen LogP contribution in [0, 0.1) is 11.3 Å². The topological polar surface area (TPSA) is 96.2 Å². The first-order valence-corrected chi connectivity index (χ1v) is 14.4. The molecule has 0 aliphatic heterocycles. The van der Waals surface area contributed by atoms with E-state index in [1.54, 1.807) is 12.1 Å². The van der Waals surface area contributed by atoms with Crippen LogP contribution in [0.3, 0.4) is 0 Å². The van der Waals surface area contributed by atoms with Crippen LogP contribution in [0.5, 0.6) is 5.75 Å². The first-order chi connectivity index (χ1) is 17.8. The van der Waals surface area contributed by atoms with Gasteiger partial charge in [0.25, 0.3) is 0 Å². The maximum Gasteiger partial charge on any atom is 0.194 e. The van der Waals surface area contributed by atoms with Crippen molar-refractivity contribution in [1.29, 1.82) is 5.26 Å². The number of aromatic nitrogens is 2. The Kier molecular flexibility index (Phi) is 6.95. The van der Waals surface area contributed by atoms with Gasteiger partial charge in [-0.3, -0.25) is 4.98 Å². The lowest BCUT2D eigenvalue weighted by Crippen LogP contribution is -2.19. The van der Waals surface area contributed by atoms with E-state index in [4.69, 9.17) is 27.9 Å². The van der Waals surface area contributed by atoms with Crippen molar-refractivity contribution in [2.24, 2.45) is 0 Å². The van der Waals surface area contributed by atoms with E-state index in [0.29, 0.717) is 39.3 Å². The minimum atomic E-state index is -3.43. The summed E-state index contributed by atoms with van der Waals surface area (Å²) < 4.78 is 29.2. The van der Waals surface area contributed by atoms with Gasteiger partial charge in [-0.1, -0.05) is 29.8 Å². The van der Waals surface area contributed by atoms with Crippen LogP contribution in [0.25, 0.3) is 22.2 Å². The van der Waals surface area contributed by atoms with Gasteiger partial charge in [-0.2, -0.15) is 5.26 Å². The molecule has 10 heteroatoms. The zero-order chi connectivity index (χ0) is 26.2. The van der Waals surface area contributed by atoms with E-state index in [9.17, 15) is 13.7 Å². The summed E-state index contributed by atoms with van der Waals surface area (Å²) in [6.45, 7) is 0.266. The van der Waals surface area contributed by atoms with Gasteiger partial charge in [0.1, 0.15) is 12.7 Å². The van der Waals surface area contributed by atoms with Crippen LogP contribution >= 0.6 is 23.2 Å². The first kappa shape index (κ1) is 25.3. The van der Waals surface area contributed by atoms with Crippen LogP contribution in [0.1, 0.15) is 18.4 Å². The minimum absolute atomic E-state index is 0.0458. The molecule has 0 amide bonds. The second-order valence-electron chi connectivity index (χ2n) is 8.79. The molecule has 1 heterocycles. The summed E-state index contributed by atoms with van der Waals surface area (Å²) in [6, 6.07) is 19.8. The second kappa shape index (κ2) is 10.2. The van der Waals surface area contributed by atoms with Crippen LogP contribution in [0.2, 0.25) is 5.02 Å². The van der Waals surface area contributed by atoms with Gasteiger partial charge >= 0.3 is 0 Å². The molecule has 37 heavy (non-hydrogen) atoms. The molecule has 5 rings (SSSR count). The molecule has 7 nitrogen and oxygen atoms in total. The molecule has 0 spiro atoms. The van der Waals surface area contributed by atoms with Gasteiger partial charge in [-0.05, 0) is 60.4 Å². The predicted octanol–water partition coefficient (Wildman–Crippen LogP) is 6.14. The van der Waals surface area contributed by atoms with E-state index in [0.717, 1.165) is 41.6 Å². The maximum atomic E-state index is 11.8. The normalized spacial score (nSPS) is 13.4. The third kappa shape index (κ3) is 5.35. The zero-order valence-electron chi connectivity index (χ0n) is 19.9. The first-order valence-electron chi connectivity index (χ1n) is 11.6. The highest BCUT2D eigenvalue weighted by atomic mass is 35.5. The molecule has 1 saturated carbocycles. The molecule has 3 aromatic carbocycles. The van der Waals surface area contributed by atoms with Gasteiger partial charge in [-0.25, -0.2) is 13.4 Å². The van der Waals surface area contributed by atoms with Crippen LogP contribution < -0.4 is 9.64 Å². The number of rotatable bonds is 8. The monoisotopic (exact) mass is 552 g/mol. The summed E-state index contributed by atoms with van der Waals surface area (Å²) in [7, 11) is -3.43. The quantitative estimate of drug-likeness (QED) is 0.242. The van der Waals surface area contributed by atoms with Crippen molar-refractivity contribution in [3.8, 4) is 22.9 Å². The van der Waals surface area contributed by atoms with E-state index in [1.165, 1.54) is 6.20 Å². The summed E-state index contributed by atoms with van der Waals surface area (Å²) in [5, 5.41) is 10.0. The Morgan fingerprint density at radius 2 is 1.78 bits per heavy atom. The molecule has 0 bridgehead atoms. The average molecular weight is 553 g/mol. The van der Waals surface area contributed by atoms with Gasteiger partial charge in [0.2, 0.25) is 0 Å². The number of nitrogens with zero attached hydrogens (tertiary/aromatic N) is 4. The number of nitriles is 1. The third-order valence-corrected chi connectivity index (χ3v) is 7.43. The van der Waals surface area contributed by atoms with Gasteiger partial charge in [-0.15, -0.1) is 11.6 Å². The fourth-order valence-corrected chi connectivity index (χ4v) is 5.01. The molecule has 0 unspecified atom stereocenters. The number of fused-ring (bicyclic) bond motifs is 1. The lowest BCUT2D eigenvalue weighted by atomic mass is 10.0. The molecule has 0 N–H and O–H groups in total. The van der Waals surface area contributed by atoms with Crippen molar-refractivity contribution < 1.29 is 13.2 Å². The number of halogens is 2. The lowest BCUT2D eigenvalue weighted by Gasteiger charge is -2.26. The Morgan fingerprint density at radius 3 is 2.43 bits per heavy atom. The zero-order valence-corrected chi connectivity index (χ0v) is 22.2. The number of benzene rings is 3. The molecular weight excluding hydrogens is 531 g/mol. The number of hydrogen-bond donors (Lipinski definition) is 0. The fourth-order valence-electron chi connectivity index (χ4n) is 4.16. The summed E-state index contributed by atoms with van der Waals surface area (Å²) >= 11 is 12.2. The van der Waals surface area contributed by atoms with Crippen LogP contribution in [-0.4, -0.2) is 43.2 Å². The van der Waals surface area contributed by atoms with Gasteiger partial charge < -0.3 is 9.64 Å². The van der Waals surface area contributed by atoms with Gasteiger partial charge in [0, 0.05) is 23.7 Å². The van der Waals surface area contributed by atoms with Gasteiger partial charge in [0.05, 0.1) is 33.7 Å². The SMILES string of the molecule is CS(=O)(=O)c1cnc2cc(-c3ccc(N(c4cc(Cl)c(OCCCl)c(C#N)c4)C4CC4)cc3)ccc2n1. The highest BCUT2D eigenvalue weighted by Gasteiger charge is 2.31. The van der Waals surface area contributed by atoms with Crippen LogP contribution in [-0.2, 0) is 9.84 Å². The summed E-state index contributed by atoms with van der Waals surface area (Å²) in [4.78, 5) is 10.7. The summed E-state index contributed by atoms with van der Waals surface area (Å²) in [6.07, 6.45) is 4.49. The Labute approximate surface area is 225 Å². The van der Waals surface area contributed by atoms with E-state index in [2.05, 4.69) is 20.9 Å². The lowest BCUT2D eigenvalue weighted by molar-refractivity contribution is 0.342. The predicted molar refractivity (Wildman–Crippen MR) is 146 cm³/mol. The fraction of sp³-hybridized carbons (Fsp3) is 0.222. The molecule has 4 aromatic rings. The number of hydrogen-bond acceptors (Lipinski definition) is 7. The van der Waals surface area contributed by atoms with Crippen LogP contribution in [0.15, 0.2) is 65.8 Å². The van der Waals surface area contributed by atoms with Crippen molar-refractivity contribution in [2.45, 2.75) is 23.9 Å². The second-order valence-corrected chi connectivity index (χ2v) is 11.5. The van der Waals surface area contributed by atoms with Crippen molar-refractivity contribution >= 4 is 55.4 Å². The van der Waals surface area contributed by atoms with Crippen LogP contribution in [0.4, 0.5) is 11.4 Å². The Balaban J connectivity index is 1.46. The highest BCUT2D eigenvalue weighted by molar-refractivity contribution is 7.90. The number of ether oxygens (including phenoxy) is 1. The summed E-state index contributed by atoms with van der Waals surface area (Å²) in [5.41, 5.74) is 5.24. The standard InChI is InChI=1S/C27H22Cl2N4O3S/c1-37(34,35)26-16-31-25-13-18(4-9-24(25)32-26)17-2-5-20(6-3-17)33(21-7-8-21)22-12-19(15-30)27(23(29)14-22)36-11-10-28/h2-6,9,12-14,16,21H,7-8,10-11H2,1H3. The van der Waals surface area contributed by atoms with Crippen molar-refractivity contribution in [3.63, 3.8) is 0 Å². The van der Waals surface area contributed by atoms with Crippen molar-refractivity contribution in [3.05, 3.63) is 71.4 Å². The Bertz CT molecular complexity index is 1630. The molecule has 1 aliphatic carbocycles. The van der Waals surface area contributed by atoms with E-state index < -0.39 is 9.84 Å². The average Bonchev–Trinajstić information content (AvgIpc) is 3.72. The molecular formula is C27H22Cl2N4O3S. The van der Waals surface area contributed by atoms with E-state index in [1.807, 2.05) is 42.5 Å². The van der Waals surface area contributed by atoms with Gasteiger partial charge in [0.15, 0.2) is 20.6 Å². The molecule has 1 aliphatic rings. The van der Waals surface area contributed by atoms with E-state index in [-0.39, 0.29) is 11.6 Å². The molecule has 0 atom stereocenters. The highest BCUT2D eigenvalue weighted by Crippen LogP contribution is 2.42. The molecule has 1 aromatic heterocycles. The molecule has 1 fully saturated rings. The number of sulfone groups is 1. The minimum Gasteiger partial charge on any atom is -0.489 e. The van der Waals surface area contributed by atoms with Crippen molar-refractivity contribution in [1.82, 2.24) is 9.97 Å². The third-order valence-electron chi connectivity index (χ3n) is 6.04. The Hall–Kier alpha value is -3.38. The molecule has 0 saturated heterocycles. The molecule has 188 valence electrons. The van der Waals surface area contributed by atoms with Crippen molar-refractivity contribution in [2.75, 3.05) is 23.6 Å².